The van der Waals surface area contributed by atoms with E-state index in [1.807, 2.05) is 0 Å². The standard InChI is InChI=1S/C11H21N/c1-9(2)7-10-3-4-11-5-6-12(11)8-10/h9-11H,3-8H2,1-2H3. The van der Waals surface area contributed by atoms with Crippen LogP contribution < -0.4 is 0 Å². The van der Waals surface area contributed by atoms with Gasteiger partial charge in [-0.15, -0.1) is 0 Å². The van der Waals surface area contributed by atoms with Crippen LogP contribution in [0.4, 0.5) is 0 Å². The lowest BCUT2D eigenvalue weighted by Crippen LogP contribution is -2.52. The summed E-state index contributed by atoms with van der Waals surface area (Å²) in [6.07, 6.45) is 5.91. The van der Waals surface area contributed by atoms with Crippen molar-refractivity contribution in [1.29, 1.82) is 0 Å². The smallest absolute Gasteiger partial charge is 0.0108 e. The van der Waals surface area contributed by atoms with Gasteiger partial charge in [-0.2, -0.15) is 0 Å². The van der Waals surface area contributed by atoms with Gasteiger partial charge in [-0.05, 0) is 44.1 Å². The molecule has 2 aliphatic rings. The van der Waals surface area contributed by atoms with Crippen LogP contribution in [0.2, 0.25) is 0 Å². The fourth-order valence-electron chi connectivity index (χ4n) is 2.77. The molecule has 2 saturated heterocycles. The van der Waals surface area contributed by atoms with E-state index in [-0.39, 0.29) is 0 Å². The van der Waals surface area contributed by atoms with Gasteiger partial charge in [-0.3, -0.25) is 0 Å². The Balaban J connectivity index is 1.78. The molecule has 2 aliphatic heterocycles. The van der Waals surface area contributed by atoms with Gasteiger partial charge in [-0.25, -0.2) is 0 Å². The van der Waals surface area contributed by atoms with Crippen molar-refractivity contribution in [2.24, 2.45) is 11.8 Å². The molecule has 1 nitrogen and oxygen atoms in total. The Morgan fingerprint density at radius 2 is 2.08 bits per heavy atom. The minimum atomic E-state index is 0.896. The molecule has 2 rings (SSSR count). The number of nitrogens with zero attached hydrogens (tertiary/aromatic N) is 1. The summed E-state index contributed by atoms with van der Waals surface area (Å²) in [4.78, 5) is 2.69. The molecule has 2 unspecified atom stereocenters. The molecule has 0 aromatic carbocycles. The van der Waals surface area contributed by atoms with Crippen molar-refractivity contribution in [2.45, 2.75) is 45.6 Å². The zero-order chi connectivity index (χ0) is 8.55. The first-order chi connectivity index (χ1) is 5.75. The lowest BCUT2D eigenvalue weighted by molar-refractivity contribution is 0.0208. The van der Waals surface area contributed by atoms with Crippen LogP contribution in [0, 0.1) is 11.8 Å². The fraction of sp³-hybridized carbons (Fsp3) is 1.00. The first kappa shape index (κ1) is 8.55. The van der Waals surface area contributed by atoms with Crippen LogP contribution in [0.3, 0.4) is 0 Å². The molecule has 0 aromatic heterocycles. The van der Waals surface area contributed by atoms with E-state index in [1.54, 1.807) is 0 Å². The van der Waals surface area contributed by atoms with Gasteiger partial charge in [-0.1, -0.05) is 13.8 Å². The average Bonchev–Trinajstić information content (AvgIpc) is 1.94. The molecule has 2 heterocycles. The Bertz CT molecular complexity index is 153. The molecule has 0 spiro atoms. The minimum Gasteiger partial charge on any atom is -0.300 e. The van der Waals surface area contributed by atoms with Crippen molar-refractivity contribution in [3.05, 3.63) is 0 Å². The summed E-state index contributed by atoms with van der Waals surface area (Å²) in [5.41, 5.74) is 0. The zero-order valence-corrected chi connectivity index (χ0v) is 8.42. The van der Waals surface area contributed by atoms with Gasteiger partial charge in [0.1, 0.15) is 0 Å². The van der Waals surface area contributed by atoms with Gasteiger partial charge in [0, 0.05) is 12.6 Å². The Hall–Kier alpha value is -0.0400. The van der Waals surface area contributed by atoms with Crippen molar-refractivity contribution in [1.82, 2.24) is 4.90 Å². The molecule has 0 N–H and O–H groups in total. The van der Waals surface area contributed by atoms with E-state index in [0.717, 1.165) is 17.9 Å². The van der Waals surface area contributed by atoms with Gasteiger partial charge in [0.2, 0.25) is 0 Å². The highest BCUT2D eigenvalue weighted by Crippen LogP contribution is 2.33. The minimum absolute atomic E-state index is 0.896. The van der Waals surface area contributed by atoms with Crippen molar-refractivity contribution < 1.29 is 0 Å². The molecular weight excluding hydrogens is 146 g/mol. The average molecular weight is 167 g/mol. The molecule has 0 saturated carbocycles. The van der Waals surface area contributed by atoms with E-state index < -0.39 is 0 Å². The first-order valence-electron chi connectivity index (χ1n) is 5.49. The Morgan fingerprint density at radius 3 is 2.58 bits per heavy atom. The van der Waals surface area contributed by atoms with E-state index in [1.165, 1.54) is 38.8 Å². The van der Waals surface area contributed by atoms with Crippen LogP contribution in [0.5, 0.6) is 0 Å². The molecule has 0 aliphatic carbocycles. The summed E-state index contributed by atoms with van der Waals surface area (Å²) in [5, 5.41) is 0. The van der Waals surface area contributed by atoms with Gasteiger partial charge < -0.3 is 4.90 Å². The van der Waals surface area contributed by atoms with Gasteiger partial charge >= 0.3 is 0 Å². The lowest BCUT2D eigenvalue weighted by atomic mass is 9.82. The number of rotatable bonds is 2. The maximum Gasteiger partial charge on any atom is 0.0108 e. The van der Waals surface area contributed by atoms with Crippen LogP contribution in [0.1, 0.15) is 39.5 Å². The molecule has 12 heavy (non-hydrogen) atoms. The van der Waals surface area contributed by atoms with Crippen LogP contribution in [0.25, 0.3) is 0 Å². The lowest BCUT2D eigenvalue weighted by Gasteiger charge is -2.47. The fourth-order valence-corrected chi connectivity index (χ4v) is 2.77. The van der Waals surface area contributed by atoms with Crippen LogP contribution in [-0.4, -0.2) is 24.0 Å². The molecule has 2 fully saturated rings. The van der Waals surface area contributed by atoms with Gasteiger partial charge in [0.25, 0.3) is 0 Å². The predicted molar refractivity (Wildman–Crippen MR) is 52.2 cm³/mol. The van der Waals surface area contributed by atoms with E-state index in [9.17, 15) is 0 Å². The number of piperidine rings is 1. The summed E-state index contributed by atoms with van der Waals surface area (Å²) >= 11 is 0. The first-order valence-corrected chi connectivity index (χ1v) is 5.49. The number of hydrogen-bond acceptors (Lipinski definition) is 1. The second-order valence-electron chi connectivity index (χ2n) is 5.01. The van der Waals surface area contributed by atoms with E-state index in [4.69, 9.17) is 0 Å². The highest BCUT2D eigenvalue weighted by Gasteiger charge is 2.33. The second-order valence-corrected chi connectivity index (χ2v) is 5.01. The van der Waals surface area contributed by atoms with Crippen LogP contribution in [0.15, 0.2) is 0 Å². The van der Waals surface area contributed by atoms with Crippen molar-refractivity contribution in [3.63, 3.8) is 0 Å². The van der Waals surface area contributed by atoms with Crippen molar-refractivity contribution in [2.75, 3.05) is 13.1 Å². The molecular formula is C11H21N. The summed E-state index contributed by atoms with van der Waals surface area (Å²) in [6, 6.07) is 0.994. The maximum atomic E-state index is 2.69. The third kappa shape index (κ3) is 1.66. The van der Waals surface area contributed by atoms with Gasteiger partial charge in [0.05, 0.1) is 0 Å². The summed E-state index contributed by atoms with van der Waals surface area (Å²) < 4.78 is 0. The highest BCUT2D eigenvalue weighted by molar-refractivity contribution is 4.89. The van der Waals surface area contributed by atoms with Gasteiger partial charge in [0.15, 0.2) is 0 Å². The van der Waals surface area contributed by atoms with E-state index >= 15 is 0 Å². The third-order valence-electron chi connectivity index (χ3n) is 3.47. The number of fused-ring (bicyclic) bond motifs is 1. The Labute approximate surface area is 76.1 Å². The van der Waals surface area contributed by atoms with Crippen molar-refractivity contribution >= 4 is 0 Å². The molecule has 0 amide bonds. The monoisotopic (exact) mass is 167 g/mol. The molecule has 0 radical (unpaired) electrons. The van der Waals surface area contributed by atoms with Crippen LogP contribution in [-0.2, 0) is 0 Å². The largest absolute Gasteiger partial charge is 0.300 e. The normalized spacial score (nSPS) is 36.2. The zero-order valence-electron chi connectivity index (χ0n) is 8.42. The number of hydrogen-bond donors (Lipinski definition) is 0. The molecule has 70 valence electrons. The quantitative estimate of drug-likeness (QED) is 0.611. The summed E-state index contributed by atoms with van der Waals surface area (Å²) in [5.74, 6) is 1.91. The Kier molecular flexibility index (Phi) is 2.40. The highest BCUT2D eigenvalue weighted by atomic mass is 15.2. The molecule has 0 aromatic rings. The topological polar surface area (TPSA) is 3.24 Å². The molecule has 0 bridgehead atoms. The molecule has 1 heteroatoms. The molecule has 2 atom stereocenters. The van der Waals surface area contributed by atoms with Crippen LogP contribution >= 0.6 is 0 Å². The SMILES string of the molecule is CC(C)CC1CCC2CCN2C1. The predicted octanol–water partition coefficient (Wildman–Crippen LogP) is 2.52. The van der Waals surface area contributed by atoms with E-state index in [0.29, 0.717) is 0 Å². The third-order valence-corrected chi connectivity index (χ3v) is 3.47. The second kappa shape index (κ2) is 3.37. The van der Waals surface area contributed by atoms with Crippen molar-refractivity contribution in [3.8, 4) is 0 Å². The summed E-state index contributed by atoms with van der Waals surface area (Å²) in [6.45, 7) is 7.49. The Morgan fingerprint density at radius 1 is 1.25 bits per heavy atom. The summed E-state index contributed by atoms with van der Waals surface area (Å²) in [7, 11) is 0. The maximum absolute atomic E-state index is 2.69. The van der Waals surface area contributed by atoms with E-state index in [2.05, 4.69) is 18.7 Å².